The fraction of sp³-hybridized carbons (Fsp3) is 0.636. The van der Waals surface area contributed by atoms with Gasteiger partial charge in [-0.25, -0.2) is 9.97 Å². The summed E-state index contributed by atoms with van der Waals surface area (Å²) < 4.78 is 5.50. The van der Waals surface area contributed by atoms with Crippen molar-refractivity contribution in [3.8, 4) is 0 Å². The van der Waals surface area contributed by atoms with E-state index < -0.39 is 0 Å². The van der Waals surface area contributed by atoms with Gasteiger partial charge in [0.15, 0.2) is 5.69 Å². The average molecular weight is 396 g/mol. The van der Waals surface area contributed by atoms with Gasteiger partial charge < -0.3 is 14.3 Å². The molecular weight excluding hydrogens is 366 g/mol. The minimum atomic E-state index is 0.00776. The molecule has 29 heavy (non-hydrogen) atoms. The Morgan fingerprint density at radius 1 is 1.24 bits per heavy atom. The normalized spacial score (nSPS) is 24.8. The minimum Gasteiger partial charge on any atom is -0.360 e. The summed E-state index contributed by atoms with van der Waals surface area (Å²) in [4.78, 5) is 27.0. The molecule has 2 atom stereocenters. The number of fused-ring (bicyclic) bond motifs is 2. The Morgan fingerprint density at radius 3 is 3.03 bits per heavy atom. The second-order valence-electron chi connectivity index (χ2n) is 9.06. The lowest BCUT2D eigenvalue weighted by molar-refractivity contribution is 0.0692. The number of carbonyl (C=O) groups is 1. The number of aromatic nitrogens is 3. The van der Waals surface area contributed by atoms with E-state index in [1.807, 2.05) is 11.1 Å². The smallest absolute Gasteiger partial charge is 0.276 e. The zero-order valence-electron chi connectivity index (χ0n) is 17.4. The molecule has 0 bridgehead atoms. The standard InChI is InChI=1S/C22H29N5O2/c1-14-5-6-19-17(10-14)20(25-29-19)22(28)27-8-3-4-15(13-27)21-23-11-16-12-26(2)9-7-18(16)24-21/h11,14-15H,3-10,12-13H2,1-2H3/t14-,15-/m1/s1. The third kappa shape index (κ3) is 3.56. The van der Waals surface area contributed by atoms with Gasteiger partial charge in [0.2, 0.25) is 0 Å². The molecule has 0 saturated carbocycles. The van der Waals surface area contributed by atoms with Crippen molar-refractivity contribution in [1.82, 2.24) is 24.9 Å². The van der Waals surface area contributed by atoms with Crippen LogP contribution in [0, 0.1) is 5.92 Å². The first-order valence-electron chi connectivity index (χ1n) is 10.9. The van der Waals surface area contributed by atoms with Crippen LogP contribution in [-0.4, -0.2) is 57.5 Å². The molecule has 0 N–H and O–H groups in total. The lowest BCUT2D eigenvalue weighted by atomic mass is 9.88. The maximum atomic E-state index is 13.2. The third-order valence-corrected chi connectivity index (χ3v) is 6.71. The average Bonchev–Trinajstić information content (AvgIpc) is 3.16. The van der Waals surface area contributed by atoms with Crippen molar-refractivity contribution in [2.45, 2.75) is 57.9 Å². The molecule has 0 spiro atoms. The van der Waals surface area contributed by atoms with Crippen LogP contribution in [0.5, 0.6) is 0 Å². The van der Waals surface area contributed by atoms with Gasteiger partial charge in [-0.05, 0) is 38.6 Å². The molecule has 7 heteroatoms. The van der Waals surface area contributed by atoms with E-state index in [0.29, 0.717) is 18.2 Å². The number of rotatable bonds is 2. The van der Waals surface area contributed by atoms with Gasteiger partial charge in [-0.2, -0.15) is 0 Å². The Morgan fingerprint density at radius 2 is 2.14 bits per heavy atom. The predicted octanol–water partition coefficient (Wildman–Crippen LogP) is 2.60. The first kappa shape index (κ1) is 18.7. The van der Waals surface area contributed by atoms with Crippen LogP contribution in [0.15, 0.2) is 10.7 Å². The van der Waals surface area contributed by atoms with Crippen LogP contribution in [0.2, 0.25) is 0 Å². The number of likely N-dealkylation sites (tertiary alicyclic amines) is 1. The molecular formula is C22H29N5O2. The van der Waals surface area contributed by atoms with E-state index in [0.717, 1.165) is 75.3 Å². The van der Waals surface area contributed by atoms with Crippen molar-refractivity contribution in [1.29, 1.82) is 0 Å². The second-order valence-corrected chi connectivity index (χ2v) is 9.06. The first-order chi connectivity index (χ1) is 14.1. The Hall–Kier alpha value is -2.28. The molecule has 2 aromatic rings. The number of hydrogen-bond acceptors (Lipinski definition) is 6. The fourth-order valence-electron chi connectivity index (χ4n) is 4.94. The number of nitrogens with zero attached hydrogens (tertiary/aromatic N) is 5. The first-order valence-corrected chi connectivity index (χ1v) is 10.9. The van der Waals surface area contributed by atoms with Crippen LogP contribution >= 0.6 is 0 Å². The summed E-state index contributed by atoms with van der Waals surface area (Å²) in [5, 5.41) is 4.17. The maximum absolute atomic E-state index is 13.2. The lowest BCUT2D eigenvalue weighted by Crippen LogP contribution is -2.40. The van der Waals surface area contributed by atoms with E-state index >= 15 is 0 Å². The fourth-order valence-corrected chi connectivity index (χ4v) is 4.94. The summed E-state index contributed by atoms with van der Waals surface area (Å²) in [5.74, 6) is 2.57. The van der Waals surface area contributed by atoms with Crippen molar-refractivity contribution >= 4 is 5.91 Å². The van der Waals surface area contributed by atoms with Crippen LogP contribution in [-0.2, 0) is 25.8 Å². The van der Waals surface area contributed by atoms with Gasteiger partial charge in [-0.1, -0.05) is 12.1 Å². The van der Waals surface area contributed by atoms with Gasteiger partial charge >= 0.3 is 0 Å². The molecule has 0 aromatic carbocycles. The van der Waals surface area contributed by atoms with Gasteiger partial charge in [0, 0.05) is 68.0 Å². The lowest BCUT2D eigenvalue weighted by Gasteiger charge is -2.32. The zero-order chi connectivity index (χ0) is 20.0. The summed E-state index contributed by atoms with van der Waals surface area (Å²) in [6, 6.07) is 0. The molecule has 7 nitrogen and oxygen atoms in total. The number of piperidine rings is 1. The molecule has 3 aliphatic rings. The Balaban J connectivity index is 1.34. The molecule has 154 valence electrons. The number of likely N-dealkylation sites (N-methyl/N-ethyl adjacent to an activating group) is 1. The highest BCUT2D eigenvalue weighted by Gasteiger charge is 2.33. The topological polar surface area (TPSA) is 75.4 Å². The molecule has 2 aliphatic heterocycles. The SMILES string of the molecule is C[C@@H]1CCc2onc(C(=O)N3CCC[C@@H](c4ncc5c(n4)CCN(C)C5)C3)c2C1. The van der Waals surface area contributed by atoms with E-state index in [-0.39, 0.29) is 11.8 Å². The van der Waals surface area contributed by atoms with E-state index in [4.69, 9.17) is 9.51 Å². The molecule has 4 heterocycles. The van der Waals surface area contributed by atoms with Crippen LogP contribution in [0.3, 0.4) is 0 Å². The Labute approximate surface area is 171 Å². The zero-order valence-corrected chi connectivity index (χ0v) is 17.4. The minimum absolute atomic E-state index is 0.00776. The van der Waals surface area contributed by atoms with E-state index in [1.165, 1.54) is 11.3 Å². The van der Waals surface area contributed by atoms with Gasteiger partial charge in [-0.15, -0.1) is 0 Å². The molecule has 1 amide bonds. The van der Waals surface area contributed by atoms with Gasteiger partial charge in [0.1, 0.15) is 11.6 Å². The largest absolute Gasteiger partial charge is 0.360 e. The molecule has 5 rings (SSSR count). The number of hydrogen-bond donors (Lipinski definition) is 0. The van der Waals surface area contributed by atoms with Crippen LogP contribution < -0.4 is 0 Å². The highest BCUT2D eigenvalue weighted by molar-refractivity contribution is 5.94. The summed E-state index contributed by atoms with van der Waals surface area (Å²) >= 11 is 0. The number of amides is 1. The highest BCUT2D eigenvalue weighted by Crippen LogP contribution is 2.31. The van der Waals surface area contributed by atoms with Crippen molar-refractivity contribution in [2.24, 2.45) is 5.92 Å². The third-order valence-electron chi connectivity index (χ3n) is 6.71. The van der Waals surface area contributed by atoms with Crippen molar-refractivity contribution in [3.05, 3.63) is 40.3 Å². The summed E-state index contributed by atoms with van der Waals surface area (Å²) in [6.45, 7) is 5.61. The van der Waals surface area contributed by atoms with E-state index in [1.54, 1.807) is 0 Å². The summed E-state index contributed by atoms with van der Waals surface area (Å²) in [6.07, 6.45) is 7.83. The van der Waals surface area contributed by atoms with Gasteiger partial charge in [0.05, 0.1) is 0 Å². The Kier molecular flexibility index (Phi) is 4.86. The highest BCUT2D eigenvalue weighted by atomic mass is 16.5. The van der Waals surface area contributed by atoms with Crippen LogP contribution in [0.25, 0.3) is 0 Å². The number of aryl methyl sites for hydroxylation is 1. The molecule has 1 saturated heterocycles. The molecule has 0 radical (unpaired) electrons. The van der Waals surface area contributed by atoms with Crippen LogP contribution in [0.1, 0.15) is 71.0 Å². The summed E-state index contributed by atoms with van der Waals surface area (Å²) in [7, 11) is 2.13. The molecule has 1 aliphatic carbocycles. The second kappa shape index (κ2) is 7.52. The van der Waals surface area contributed by atoms with Gasteiger partial charge in [0.25, 0.3) is 5.91 Å². The van der Waals surface area contributed by atoms with Crippen molar-refractivity contribution in [2.75, 3.05) is 26.7 Å². The monoisotopic (exact) mass is 395 g/mol. The summed E-state index contributed by atoms with van der Waals surface area (Å²) in [5.41, 5.74) is 3.97. The van der Waals surface area contributed by atoms with Crippen molar-refractivity contribution < 1.29 is 9.32 Å². The number of carbonyl (C=O) groups excluding carboxylic acids is 1. The quantitative estimate of drug-likeness (QED) is 0.778. The van der Waals surface area contributed by atoms with E-state index in [2.05, 4.69) is 29.0 Å². The van der Waals surface area contributed by atoms with Crippen LogP contribution in [0.4, 0.5) is 0 Å². The molecule has 0 unspecified atom stereocenters. The molecule has 2 aromatic heterocycles. The Bertz CT molecular complexity index is 924. The predicted molar refractivity (Wildman–Crippen MR) is 108 cm³/mol. The maximum Gasteiger partial charge on any atom is 0.276 e. The van der Waals surface area contributed by atoms with E-state index in [9.17, 15) is 4.79 Å². The molecule has 1 fully saturated rings. The van der Waals surface area contributed by atoms with Gasteiger partial charge in [-0.3, -0.25) is 4.79 Å². The van der Waals surface area contributed by atoms with Crippen molar-refractivity contribution in [3.63, 3.8) is 0 Å².